The summed E-state index contributed by atoms with van der Waals surface area (Å²) in [5.41, 5.74) is 0. The highest BCUT2D eigenvalue weighted by Gasteiger charge is 2.27. The molecule has 0 aromatic heterocycles. The normalized spacial score (nSPS) is 26.6. The summed E-state index contributed by atoms with van der Waals surface area (Å²) in [4.78, 5) is 21.1. The molecule has 0 amide bonds. The van der Waals surface area contributed by atoms with Crippen molar-refractivity contribution in [1.29, 1.82) is 0 Å². The lowest BCUT2D eigenvalue weighted by Gasteiger charge is -2.17. The predicted octanol–water partition coefficient (Wildman–Crippen LogP) is -1.48. The molecule has 56 valence electrons. The minimum atomic E-state index is -0.536. The predicted molar refractivity (Wildman–Crippen MR) is 35.1 cm³/mol. The van der Waals surface area contributed by atoms with Crippen molar-refractivity contribution in [3.05, 3.63) is 0 Å². The molecule has 0 spiro atoms. The molecule has 10 heavy (non-hydrogen) atoms. The third-order valence-corrected chi connectivity index (χ3v) is 1.94. The first-order valence-corrected chi connectivity index (χ1v) is 3.83. The smallest absolute Gasteiger partial charge is 0.341 e. The summed E-state index contributed by atoms with van der Waals surface area (Å²) in [6.07, 6.45) is 0.282. The average molecular weight is 160 g/mol. The van der Waals surface area contributed by atoms with E-state index in [1.54, 1.807) is 0 Å². The molecule has 0 radical (unpaired) electrons. The number of ether oxygens (including phenoxy) is 1. The van der Waals surface area contributed by atoms with Gasteiger partial charge in [0.2, 0.25) is 0 Å². The van der Waals surface area contributed by atoms with Crippen molar-refractivity contribution in [3.8, 4) is 0 Å². The fraction of sp³-hybridized carbons (Fsp3) is 0.600. The average Bonchev–Trinajstić information content (AvgIpc) is 1.88. The van der Waals surface area contributed by atoms with E-state index in [1.165, 1.54) is 0 Å². The number of hydrogen-bond donors (Lipinski definition) is 0. The Morgan fingerprint density at radius 2 is 2.30 bits per heavy atom. The Morgan fingerprint density at radius 1 is 1.60 bits per heavy atom. The highest BCUT2D eigenvalue weighted by molar-refractivity contribution is 6.00. The van der Waals surface area contributed by atoms with Gasteiger partial charge in [-0.2, -0.15) is 0 Å². The van der Waals surface area contributed by atoms with Gasteiger partial charge in [0.1, 0.15) is 16.6 Å². The first-order valence-electron chi connectivity index (χ1n) is 3.01. The van der Waals surface area contributed by atoms with Gasteiger partial charge in [-0.3, -0.25) is 4.79 Å². The maximum absolute atomic E-state index is 10.7. The van der Waals surface area contributed by atoms with Gasteiger partial charge in [-0.05, 0) is 6.42 Å². The molecule has 4 nitrogen and oxygen atoms in total. The molecular formula is C5H8O4Si. The van der Waals surface area contributed by atoms with E-state index in [-0.39, 0.29) is 0 Å². The quantitative estimate of drug-likeness (QED) is 0.266. The van der Waals surface area contributed by atoms with Crippen LogP contribution in [0, 0.1) is 0 Å². The Kier molecular flexibility index (Phi) is 2.18. The minimum Gasteiger partial charge on any atom is -0.415 e. The Balaban J connectivity index is 2.51. The second-order valence-electron chi connectivity index (χ2n) is 2.06. The molecule has 1 saturated heterocycles. The van der Waals surface area contributed by atoms with Crippen molar-refractivity contribution in [1.82, 2.24) is 0 Å². The van der Waals surface area contributed by atoms with Gasteiger partial charge in [0.25, 0.3) is 0 Å². The van der Waals surface area contributed by atoms with Crippen LogP contribution in [0.3, 0.4) is 0 Å². The lowest BCUT2D eigenvalue weighted by atomic mass is 10.1. The van der Waals surface area contributed by atoms with Crippen LogP contribution < -0.4 is 0 Å². The number of hydrogen-bond acceptors (Lipinski definition) is 4. The number of esters is 2. The van der Waals surface area contributed by atoms with Crippen LogP contribution in [0.15, 0.2) is 0 Å². The van der Waals surface area contributed by atoms with Crippen LogP contribution in [-0.4, -0.2) is 28.5 Å². The monoisotopic (exact) mass is 160 g/mol. The summed E-state index contributed by atoms with van der Waals surface area (Å²) in [6, 6.07) is 0. The summed E-state index contributed by atoms with van der Waals surface area (Å²) in [5, 5.41) is 0. The van der Waals surface area contributed by atoms with Gasteiger partial charge in [-0.15, -0.1) is 0 Å². The Labute approximate surface area is 61.0 Å². The summed E-state index contributed by atoms with van der Waals surface area (Å²) in [7, 11) is 0.499. The Bertz CT molecular complexity index is 167. The molecule has 1 aliphatic rings. The van der Waals surface area contributed by atoms with Crippen LogP contribution >= 0.6 is 0 Å². The van der Waals surface area contributed by atoms with E-state index in [9.17, 15) is 9.59 Å². The van der Waals surface area contributed by atoms with E-state index in [0.717, 1.165) is 0 Å². The molecule has 1 rings (SSSR count). The van der Waals surface area contributed by atoms with E-state index in [4.69, 9.17) is 4.43 Å². The van der Waals surface area contributed by atoms with E-state index in [2.05, 4.69) is 4.74 Å². The van der Waals surface area contributed by atoms with E-state index < -0.39 is 18.0 Å². The summed E-state index contributed by atoms with van der Waals surface area (Å²) < 4.78 is 9.17. The van der Waals surface area contributed by atoms with Crippen LogP contribution in [0.1, 0.15) is 12.8 Å². The lowest BCUT2D eigenvalue weighted by Crippen LogP contribution is -2.33. The molecule has 0 saturated carbocycles. The first-order chi connectivity index (χ1) is 4.74. The molecule has 0 aliphatic carbocycles. The maximum atomic E-state index is 10.7. The van der Waals surface area contributed by atoms with Gasteiger partial charge in [0.15, 0.2) is 0 Å². The highest BCUT2D eigenvalue weighted by Crippen LogP contribution is 2.10. The first kappa shape index (κ1) is 7.42. The highest BCUT2D eigenvalue weighted by atomic mass is 28.2. The van der Waals surface area contributed by atoms with Gasteiger partial charge in [0.05, 0.1) is 0 Å². The number of cyclic esters (lactones) is 2. The summed E-state index contributed by atoms with van der Waals surface area (Å²) in [6.45, 7) is 0. The molecule has 1 atom stereocenters. The lowest BCUT2D eigenvalue weighted by molar-refractivity contribution is -0.170. The zero-order chi connectivity index (χ0) is 7.56. The van der Waals surface area contributed by atoms with Gasteiger partial charge in [-0.25, -0.2) is 4.79 Å². The van der Waals surface area contributed by atoms with Crippen LogP contribution in [0.5, 0.6) is 0 Å². The third kappa shape index (κ3) is 1.42. The molecule has 5 heteroatoms. The van der Waals surface area contributed by atoms with Gasteiger partial charge < -0.3 is 9.16 Å². The van der Waals surface area contributed by atoms with Crippen LogP contribution in [0.2, 0.25) is 0 Å². The van der Waals surface area contributed by atoms with Crippen molar-refractivity contribution in [2.24, 2.45) is 0 Å². The second kappa shape index (κ2) is 2.94. The molecule has 1 aliphatic heterocycles. The SMILES string of the molecule is O=C1CCC(O[SiH3])C(=O)O1. The van der Waals surface area contributed by atoms with Crippen LogP contribution in [0.4, 0.5) is 0 Å². The van der Waals surface area contributed by atoms with Gasteiger partial charge >= 0.3 is 11.9 Å². The topological polar surface area (TPSA) is 52.6 Å². The van der Waals surface area contributed by atoms with E-state index >= 15 is 0 Å². The number of carbonyl (C=O) groups excluding carboxylic acids is 2. The molecule has 1 fully saturated rings. The minimum absolute atomic E-state index is 0.290. The third-order valence-electron chi connectivity index (χ3n) is 1.37. The van der Waals surface area contributed by atoms with E-state index in [0.29, 0.717) is 23.3 Å². The Hall–Kier alpha value is -0.683. The van der Waals surface area contributed by atoms with Gasteiger partial charge in [0, 0.05) is 6.42 Å². The zero-order valence-corrected chi connectivity index (χ0v) is 7.62. The maximum Gasteiger partial charge on any atom is 0.341 e. The standard InChI is InChI=1S/C5H8O4Si/c6-4-2-1-3(9-10)5(7)8-4/h3H,1-2H2,10H3. The number of carbonyl (C=O) groups is 2. The van der Waals surface area contributed by atoms with Crippen molar-refractivity contribution in [3.63, 3.8) is 0 Å². The second-order valence-corrected chi connectivity index (χ2v) is 2.53. The summed E-state index contributed by atoms with van der Waals surface area (Å²) in [5.74, 6) is -0.980. The van der Waals surface area contributed by atoms with Crippen molar-refractivity contribution >= 4 is 22.4 Å². The van der Waals surface area contributed by atoms with Crippen LogP contribution in [-0.2, 0) is 18.8 Å². The van der Waals surface area contributed by atoms with Crippen molar-refractivity contribution < 1.29 is 18.8 Å². The Morgan fingerprint density at radius 3 is 2.80 bits per heavy atom. The van der Waals surface area contributed by atoms with Crippen LogP contribution in [0.25, 0.3) is 0 Å². The zero-order valence-electron chi connectivity index (χ0n) is 5.62. The molecule has 1 heterocycles. The molecule has 0 bridgehead atoms. The molecule has 0 aromatic rings. The van der Waals surface area contributed by atoms with Crippen molar-refractivity contribution in [2.75, 3.05) is 0 Å². The van der Waals surface area contributed by atoms with Crippen molar-refractivity contribution in [2.45, 2.75) is 18.9 Å². The molecule has 0 aromatic carbocycles. The van der Waals surface area contributed by atoms with E-state index in [1.807, 2.05) is 0 Å². The fourth-order valence-corrected chi connectivity index (χ4v) is 1.24. The fourth-order valence-electron chi connectivity index (χ4n) is 0.810. The molecule has 1 unspecified atom stereocenters. The molecule has 0 N–H and O–H groups in total. The molecular weight excluding hydrogens is 152 g/mol. The summed E-state index contributed by atoms with van der Waals surface area (Å²) >= 11 is 0. The number of rotatable bonds is 1. The largest absolute Gasteiger partial charge is 0.415 e. The van der Waals surface area contributed by atoms with Gasteiger partial charge in [-0.1, -0.05) is 0 Å².